The lowest BCUT2D eigenvalue weighted by molar-refractivity contribution is -0.133. The van der Waals surface area contributed by atoms with E-state index in [4.69, 9.17) is 4.74 Å². The summed E-state index contributed by atoms with van der Waals surface area (Å²) in [5.74, 6) is -2.10. The maximum Gasteiger partial charge on any atom is 0.256 e. The number of ether oxygens (including phenoxy) is 1. The number of carbonyl (C=O) groups is 2. The quantitative estimate of drug-likeness (QED) is 0.842. The first-order valence-corrected chi connectivity index (χ1v) is 7.04. The monoisotopic (exact) mass is 312 g/mol. The molecule has 0 aromatic heterocycles. The molecule has 0 saturated carbocycles. The van der Waals surface area contributed by atoms with E-state index in [2.05, 4.69) is 0 Å². The molecule has 0 unspecified atom stereocenters. The average Bonchev–Trinajstić information content (AvgIpc) is 2.52. The van der Waals surface area contributed by atoms with Crippen LogP contribution in [-0.4, -0.2) is 61.5 Å². The third-order valence-electron chi connectivity index (χ3n) is 3.60. The molecule has 7 heteroatoms. The smallest absolute Gasteiger partial charge is 0.256 e. The first-order valence-electron chi connectivity index (χ1n) is 7.04. The van der Waals surface area contributed by atoms with Crippen molar-refractivity contribution < 1.29 is 23.1 Å². The van der Waals surface area contributed by atoms with Crippen molar-refractivity contribution in [1.82, 2.24) is 9.80 Å². The van der Waals surface area contributed by atoms with Gasteiger partial charge in [0.2, 0.25) is 5.91 Å². The second kappa shape index (κ2) is 7.31. The molecule has 0 spiro atoms. The summed E-state index contributed by atoms with van der Waals surface area (Å²) in [6, 6.07) is 2.89. The molecule has 22 heavy (non-hydrogen) atoms. The number of hydrogen-bond acceptors (Lipinski definition) is 3. The Hall–Kier alpha value is -2.02. The van der Waals surface area contributed by atoms with Crippen molar-refractivity contribution in [2.75, 3.05) is 39.9 Å². The van der Waals surface area contributed by atoms with E-state index >= 15 is 0 Å². The molecule has 5 nitrogen and oxygen atoms in total. The van der Waals surface area contributed by atoms with E-state index in [1.807, 2.05) is 0 Å². The maximum atomic E-state index is 13.6. The van der Waals surface area contributed by atoms with Gasteiger partial charge in [0, 0.05) is 39.4 Å². The van der Waals surface area contributed by atoms with E-state index in [0.29, 0.717) is 45.3 Å². The highest BCUT2D eigenvalue weighted by atomic mass is 19.1. The molecular formula is C15H18F2N2O3. The predicted molar refractivity (Wildman–Crippen MR) is 75.3 cm³/mol. The summed E-state index contributed by atoms with van der Waals surface area (Å²) < 4.78 is 31.4. The van der Waals surface area contributed by atoms with Crippen LogP contribution in [0.2, 0.25) is 0 Å². The first kappa shape index (κ1) is 16.4. The van der Waals surface area contributed by atoms with Crippen LogP contribution < -0.4 is 0 Å². The van der Waals surface area contributed by atoms with Crippen molar-refractivity contribution >= 4 is 11.8 Å². The van der Waals surface area contributed by atoms with E-state index in [1.54, 1.807) is 4.90 Å². The van der Waals surface area contributed by atoms with Gasteiger partial charge in [-0.2, -0.15) is 0 Å². The highest BCUT2D eigenvalue weighted by Gasteiger charge is 2.26. The molecule has 1 fully saturated rings. The van der Waals surface area contributed by atoms with Crippen molar-refractivity contribution in [3.05, 3.63) is 35.4 Å². The lowest BCUT2D eigenvalue weighted by atomic mass is 10.1. The molecular weight excluding hydrogens is 294 g/mol. The molecule has 0 N–H and O–H groups in total. The molecule has 1 saturated heterocycles. The number of piperazine rings is 1. The van der Waals surface area contributed by atoms with Gasteiger partial charge in [0.15, 0.2) is 0 Å². The van der Waals surface area contributed by atoms with E-state index in [1.165, 1.54) is 12.0 Å². The van der Waals surface area contributed by atoms with Crippen LogP contribution in [0.3, 0.4) is 0 Å². The third-order valence-corrected chi connectivity index (χ3v) is 3.60. The van der Waals surface area contributed by atoms with Gasteiger partial charge >= 0.3 is 0 Å². The Morgan fingerprint density at radius 2 is 1.77 bits per heavy atom. The number of amides is 2. The second-order valence-corrected chi connectivity index (χ2v) is 5.04. The molecule has 1 aromatic carbocycles. The average molecular weight is 312 g/mol. The van der Waals surface area contributed by atoms with Crippen molar-refractivity contribution in [2.24, 2.45) is 0 Å². The van der Waals surface area contributed by atoms with Gasteiger partial charge in [-0.3, -0.25) is 9.59 Å². The molecule has 1 heterocycles. The number of benzene rings is 1. The topological polar surface area (TPSA) is 49.9 Å². The summed E-state index contributed by atoms with van der Waals surface area (Å²) in [7, 11) is 1.53. The largest absolute Gasteiger partial charge is 0.384 e. The van der Waals surface area contributed by atoms with Crippen LogP contribution in [0.4, 0.5) is 8.78 Å². The molecule has 1 aliphatic rings. The highest BCUT2D eigenvalue weighted by molar-refractivity contribution is 5.94. The fourth-order valence-corrected chi connectivity index (χ4v) is 2.34. The Labute approximate surface area is 127 Å². The lowest BCUT2D eigenvalue weighted by Gasteiger charge is -2.34. The zero-order chi connectivity index (χ0) is 16.1. The van der Waals surface area contributed by atoms with E-state index < -0.39 is 17.5 Å². The molecule has 0 atom stereocenters. The number of rotatable bonds is 4. The molecule has 2 rings (SSSR count). The Morgan fingerprint density at radius 1 is 1.14 bits per heavy atom. The zero-order valence-electron chi connectivity index (χ0n) is 12.3. The highest BCUT2D eigenvalue weighted by Crippen LogP contribution is 2.14. The van der Waals surface area contributed by atoms with Crippen LogP contribution in [-0.2, 0) is 9.53 Å². The number of hydrogen-bond donors (Lipinski definition) is 0. The molecule has 0 bridgehead atoms. The Morgan fingerprint density at radius 3 is 2.36 bits per heavy atom. The zero-order valence-corrected chi connectivity index (χ0v) is 12.3. The molecule has 120 valence electrons. The van der Waals surface area contributed by atoms with Crippen LogP contribution in [0.25, 0.3) is 0 Å². The fraction of sp³-hybridized carbons (Fsp3) is 0.467. The fourth-order valence-electron chi connectivity index (χ4n) is 2.34. The summed E-state index contributed by atoms with van der Waals surface area (Å²) in [6.07, 6.45) is 0.303. The van der Waals surface area contributed by atoms with Gasteiger partial charge in [0.05, 0.1) is 18.6 Å². The van der Waals surface area contributed by atoms with Gasteiger partial charge in [-0.15, -0.1) is 0 Å². The van der Waals surface area contributed by atoms with Crippen molar-refractivity contribution in [3.63, 3.8) is 0 Å². The lowest BCUT2D eigenvalue weighted by Crippen LogP contribution is -2.50. The van der Waals surface area contributed by atoms with Crippen molar-refractivity contribution in [3.8, 4) is 0 Å². The summed E-state index contributed by atoms with van der Waals surface area (Å²) in [4.78, 5) is 27.2. The van der Waals surface area contributed by atoms with Crippen LogP contribution in [0.5, 0.6) is 0 Å². The number of methoxy groups -OCH3 is 1. The minimum atomic E-state index is -0.872. The van der Waals surface area contributed by atoms with Gasteiger partial charge < -0.3 is 14.5 Å². The minimum Gasteiger partial charge on any atom is -0.384 e. The predicted octanol–water partition coefficient (Wildman–Crippen LogP) is 1.29. The summed E-state index contributed by atoms with van der Waals surface area (Å²) in [5, 5.41) is 0. The van der Waals surface area contributed by atoms with Crippen LogP contribution in [0, 0.1) is 11.6 Å². The van der Waals surface area contributed by atoms with E-state index in [0.717, 1.165) is 12.1 Å². The van der Waals surface area contributed by atoms with Gasteiger partial charge in [0.1, 0.15) is 11.6 Å². The summed E-state index contributed by atoms with van der Waals surface area (Å²) in [6.45, 7) is 1.82. The van der Waals surface area contributed by atoms with Crippen LogP contribution in [0.1, 0.15) is 16.8 Å². The Balaban J connectivity index is 1.93. The van der Waals surface area contributed by atoms with E-state index in [9.17, 15) is 18.4 Å². The first-order chi connectivity index (χ1) is 10.5. The van der Waals surface area contributed by atoms with Crippen molar-refractivity contribution in [1.29, 1.82) is 0 Å². The maximum absolute atomic E-state index is 13.6. The molecule has 0 radical (unpaired) electrons. The Bertz CT molecular complexity index is 558. The Kier molecular flexibility index (Phi) is 5.43. The second-order valence-electron chi connectivity index (χ2n) is 5.04. The van der Waals surface area contributed by atoms with Gasteiger partial charge in [-0.1, -0.05) is 0 Å². The normalized spacial score (nSPS) is 15.0. The number of nitrogens with zero attached hydrogens (tertiary/aromatic N) is 2. The SMILES string of the molecule is COCCC(=O)N1CCN(C(=O)c2ccc(F)cc2F)CC1. The van der Waals surface area contributed by atoms with Gasteiger partial charge in [-0.05, 0) is 12.1 Å². The minimum absolute atomic E-state index is 0.0260. The third kappa shape index (κ3) is 3.79. The van der Waals surface area contributed by atoms with Crippen LogP contribution in [0.15, 0.2) is 18.2 Å². The molecule has 1 aliphatic heterocycles. The van der Waals surface area contributed by atoms with E-state index in [-0.39, 0.29) is 11.5 Å². The summed E-state index contributed by atoms with van der Waals surface area (Å²) >= 11 is 0. The molecule has 0 aliphatic carbocycles. The van der Waals surface area contributed by atoms with Crippen molar-refractivity contribution in [2.45, 2.75) is 6.42 Å². The standard InChI is InChI=1S/C15H18F2N2O3/c1-22-9-4-14(20)18-5-7-19(8-6-18)15(21)12-3-2-11(16)10-13(12)17/h2-3,10H,4-9H2,1H3. The molecule has 1 aromatic rings. The summed E-state index contributed by atoms with van der Waals surface area (Å²) in [5.41, 5.74) is -0.152. The number of halogens is 2. The number of carbonyl (C=O) groups excluding carboxylic acids is 2. The molecule has 2 amide bonds. The van der Waals surface area contributed by atoms with Gasteiger partial charge in [-0.25, -0.2) is 8.78 Å². The van der Waals surface area contributed by atoms with Crippen LogP contribution >= 0.6 is 0 Å². The van der Waals surface area contributed by atoms with Gasteiger partial charge in [0.25, 0.3) is 5.91 Å².